The number of aromatic nitrogens is 1. The van der Waals surface area contributed by atoms with E-state index in [9.17, 15) is 9.18 Å². The van der Waals surface area contributed by atoms with Crippen LogP contribution in [0.15, 0.2) is 18.2 Å². The normalized spacial score (nSPS) is 15.6. The van der Waals surface area contributed by atoms with Crippen LogP contribution in [0, 0.1) is 5.82 Å². The van der Waals surface area contributed by atoms with Gasteiger partial charge in [0.15, 0.2) is 5.13 Å². The monoisotopic (exact) mass is 322 g/mol. The number of thiazole rings is 1. The molecule has 1 aromatic carbocycles. The molecule has 0 saturated carbocycles. The lowest BCUT2D eigenvalue weighted by atomic mass is 10.3. The van der Waals surface area contributed by atoms with Gasteiger partial charge in [0.05, 0.1) is 10.2 Å². The van der Waals surface area contributed by atoms with Crippen molar-refractivity contribution in [2.75, 3.05) is 31.1 Å². The Labute approximate surface area is 132 Å². The molecule has 0 spiro atoms. The third-order valence-corrected chi connectivity index (χ3v) is 4.67. The molecule has 2 amide bonds. The van der Waals surface area contributed by atoms with Crippen molar-refractivity contribution in [1.29, 1.82) is 0 Å². The van der Waals surface area contributed by atoms with Gasteiger partial charge >= 0.3 is 6.03 Å². The van der Waals surface area contributed by atoms with Gasteiger partial charge in [0.1, 0.15) is 5.82 Å². The SMILES string of the molecule is CC(C)NC(=O)N1CCN(c2nc3ccc(F)cc3s2)CC1. The number of hydrogen-bond donors (Lipinski definition) is 1. The fraction of sp³-hybridized carbons (Fsp3) is 0.467. The molecule has 1 aliphatic heterocycles. The van der Waals surface area contributed by atoms with Gasteiger partial charge in [-0.25, -0.2) is 14.2 Å². The number of benzene rings is 1. The number of piperazine rings is 1. The fourth-order valence-corrected chi connectivity index (χ4v) is 3.50. The molecule has 2 aromatic rings. The summed E-state index contributed by atoms with van der Waals surface area (Å²) in [4.78, 5) is 20.5. The Morgan fingerprint density at radius 3 is 2.73 bits per heavy atom. The summed E-state index contributed by atoms with van der Waals surface area (Å²) < 4.78 is 14.1. The Balaban J connectivity index is 1.66. The highest BCUT2D eigenvalue weighted by molar-refractivity contribution is 7.22. The fourth-order valence-electron chi connectivity index (χ4n) is 2.46. The standard InChI is InChI=1S/C15H19FN4OS/c1-10(2)17-14(21)19-5-7-20(8-6-19)15-18-12-4-3-11(16)9-13(12)22-15/h3-4,9-10H,5-8H2,1-2H3,(H,17,21). The van der Waals surface area contributed by atoms with Crippen LogP contribution < -0.4 is 10.2 Å². The molecule has 0 atom stereocenters. The maximum Gasteiger partial charge on any atom is 0.317 e. The Morgan fingerprint density at radius 2 is 2.05 bits per heavy atom. The number of anilines is 1. The van der Waals surface area contributed by atoms with Gasteiger partial charge in [0, 0.05) is 32.2 Å². The number of nitrogens with zero attached hydrogens (tertiary/aromatic N) is 3. The maximum absolute atomic E-state index is 13.2. The van der Waals surface area contributed by atoms with Gasteiger partial charge < -0.3 is 15.1 Å². The minimum Gasteiger partial charge on any atom is -0.345 e. The summed E-state index contributed by atoms with van der Waals surface area (Å²) in [5, 5.41) is 3.80. The second-order valence-corrected chi connectivity index (χ2v) is 6.70. The van der Waals surface area contributed by atoms with Crippen molar-refractivity contribution in [3.05, 3.63) is 24.0 Å². The van der Waals surface area contributed by atoms with Gasteiger partial charge in [0.25, 0.3) is 0 Å². The molecule has 0 unspecified atom stereocenters. The largest absolute Gasteiger partial charge is 0.345 e. The number of hydrogen-bond acceptors (Lipinski definition) is 4. The van der Waals surface area contributed by atoms with Crippen LogP contribution in [0.5, 0.6) is 0 Å². The molecule has 2 heterocycles. The maximum atomic E-state index is 13.2. The molecule has 118 valence electrons. The highest BCUT2D eigenvalue weighted by Gasteiger charge is 2.23. The smallest absolute Gasteiger partial charge is 0.317 e. The van der Waals surface area contributed by atoms with Crippen LogP contribution in [0.2, 0.25) is 0 Å². The lowest BCUT2D eigenvalue weighted by Crippen LogP contribution is -2.52. The van der Waals surface area contributed by atoms with E-state index < -0.39 is 0 Å². The van der Waals surface area contributed by atoms with Crippen molar-refractivity contribution in [2.24, 2.45) is 0 Å². The van der Waals surface area contributed by atoms with Gasteiger partial charge in [-0.05, 0) is 32.0 Å². The van der Waals surface area contributed by atoms with Crippen molar-refractivity contribution in [3.63, 3.8) is 0 Å². The van der Waals surface area contributed by atoms with E-state index in [-0.39, 0.29) is 17.9 Å². The van der Waals surface area contributed by atoms with Crippen LogP contribution in [0.4, 0.5) is 14.3 Å². The lowest BCUT2D eigenvalue weighted by Gasteiger charge is -2.34. The minimum atomic E-state index is -0.238. The predicted molar refractivity (Wildman–Crippen MR) is 87.0 cm³/mol. The second kappa shape index (κ2) is 6.08. The Morgan fingerprint density at radius 1 is 1.32 bits per heavy atom. The van der Waals surface area contributed by atoms with Gasteiger partial charge in [-0.2, -0.15) is 0 Å². The van der Waals surface area contributed by atoms with E-state index in [1.807, 2.05) is 18.7 Å². The third kappa shape index (κ3) is 3.14. The zero-order valence-corrected chi connectivity index (χ0v) is 13.5. The first-order valence-corrected chi connectivity index (χ1v) is 8.21. The van der Waals surface area contributed by atoms with Gasteiger partial charge in [-0.15, -0.1) is 0 Å². The Bertz CT molecular complexity index is 679. The summed E-state index contributed by atoms with van der Waals surface area (Å²) in [6.07, 6.45) is 0. The predicted octanol–water partition coefficient (Wildman–Crippen LogP) is 2.68. The van der Waals surface area contributed by atoms with E-state index in [4.69, 9.17) is 0 Å². The Kier molecular flexibility index (Phi) is 4.15. The number of nitrogens with one attached hydrogen (secondary N) is 1. The highest BCUT2D eigenvalue weighted by atomic mass is 32.1. The minimum absolute atomic E-state index is 0.0129. The van der Waals surface area contributed by atoms with E-state index in [1.54, 1.807) is 6.07 Å². The quantitative estimate of drug-likeness (QED) is 0.925. The zero-order valence-electron chi connectivity index (χ0n) is 12.7. The van der Waals surface area contributed by atoms with Crippen molar-refractivity contribution in [1.82, 2.24) is 15.2 Å². The molecule has 22 heavy (non-hydrogen) atoms. The van der Waals surface area contributed by atoms with Crippen LogP contribution in [0.3, 0.4) is 0 Å². The molecule has 1 aromatic heterocycles. The number of carbonyl (C=O) groups is 1. The summed E-state index contributed by atoms with van der Waals surface area (Å²) in [5.74, 6) is -0.238. The van der Waals surface area contributed by atoms with Crippen molar-refractivity contribution < 1.29 is 9.18 Å². The Hall–Kier alpha value is -1.89. The topological polar surface area (TPSA) is 48.5 Å². The van der Waals surface area contributed by atoms with Crippen molar-refractivity contribution in [2.45, 2.75) is 19.9 Å². The molecule has 0 aliphatic carbocycles. The average Bonchev–Trinajstić information content (AvgIpc) is 2.89. The molecule has 0 radical (unpaired) electrons. The van der Waals surface area contributed by atoms with Crippen LogP contribution >= 0.6 is 11.3 Å². The first-order valence-electron chi connectivity index (χ1n) is 7.39. The number of halogens is 1. The molecule has 1 N–H and O–H groups in total. The summed E-state index contributed by atoms with van der Waals surface area (Å²) in [6, 6.07) is 4.78. The molecule has 5 nitrogen and oxygen atoms in total. The zero-order chi connectivity index (χ0) is 15.7. The summed E-state index contributed by atoms with van der Waals surface area (Å²) >= 11 is 1.49. The summed E-state index contributed by atoms with van der Waals surface area (Å²) in [6.45, 7) is 6.73. The van der Waals surface area contributed by atoms with Gasteiger partial charge in [0.2, 0.25) is 0 Å². The lowest BCUT2D eigenvalue weighted by molar-refractivity contribution is 0.192. The van der Waals surface area contributed by atoms with Gasteiger partial charge in [-0.1, -0.05) is 11.3 Å². The molecule has 7 heteroatoms. The van der Waals surface area contributed by atoms with Crippen molar-refractivity contribution >= 4 is 32.7 Å². The first-order chi connectivity index (χ1) is 10.5. The molecule has 0 bridgehead atoms. The van der Waals surface area contributed by atoms with E-state index in [0.29, 0.717) is 13.1 Å². The second-order valence-electron chi connectivity index (χ2n) is 5.69. The molecule has 3 rings (SSSR count). The van der Waals surface area contributed by atoms with Crippen LogP contribution in [0.1, 0.15) is 13.8 Å². The van der Waals surface area contributed by atoms with E-state index in [2.05, 4.69) is 15.2 Å². The molecule has 1 fully saturated rings. The van der Waals surface area contributed by atoms with Gasteiger partial charge in [-0.3, -0.25) is 0 Å². The van der Waals surface area contributed by atoms with E-state index >= 15 is 0 Å². The number of urea groups is 1. The number of rotatable bonds is 2. The molecular weight excluding hydrogens is 303 g/mol. The molecular formula is C15H19FN4OS. The van der Waals surface area contributed by atoms with E-state index in [1.165, 1.54) is 23.5 Å². The third-order valence-electron chi connectivity index (χ3n) is 3.59. The number of amides is 2. The average molecular weight is 322 g/mol. The number of carbonyl (C=O) groups excluding carboxylic acids is 1. The first kappa shape index (κ1) is 15.0. The summed E-state index contributed by atoms with van der Waals surface area (Å²) in [5.41, 5.74) is 0.821. The highest BCUT2D eigenvalue weighted by Crippen LogP contribution is 2.29. The van der Waals surface area contributed by atoms with E-state index in [0.717, 1.165) is 28.4 Å². The van der Waals surface area contributed by atoms with Crippen LogP contribution in [0.25, 0.3) is 10.2 Å². The molecule has 1 aliphatic rings. The number of fused-ring (bicyclic) bond motifs is 1. The summed E-state index contributed by atoms with van der Waals surface area (Å²) in [7, 11) is 0. The van der Waals surface area contributed by atoms with Crippen molar-refractivity contribution in [3.8, 4) is 0 Å². The molecule has 1 saturated heterocycles. The van der Waals surface area contributed by atoms with Crippen LogP contribution in [-0.4, -0.2) is 48.1 Å². The van der Waals surface area contributed by atoms with Crippen LogP contribution in [-0.2, 0) is 0 Å².